The number of benzene rings is 2. The minimum Gasteiger partial charge on any atom is -0.493 e. The molecule has 1 fully saturated rings. The van der Waals surface area contributed by atoms with Crippen LogP contribution in [0.25, 0.3) is 11.4 Å². The number of amides is 2. The van der Waals surface area contributed by atoms with E-state index in [0.717, 1.165) is 60.9 Å². The van der Waals surface area contributed by atoms with E-state index in [2.05, 4.69) is 15.2 Å². The van der Waals surface area contributed by atoms with Crippen molar-refractivity contribution in [1.29, 1.82) is 0 Å². The molecule has 0 atom stereocenters. The van der Waals surface area contributed by atoms with Gasteiger partial charge in [0.15, 0.2) is 11.5 Å². The van der Waals surface area contributed by atoms with Crippen LogP contribution in [0.3, 0.4) is 0 Å². The van der Waals surface area contributed by atoms with Crippen LogP contribution in [0.2, 0.25) is 0 Å². The molecular formula is C26H33N5O3. The Morgan fingerprint density at radius 2 is 1.85 bits per heavy atom. The van der Waals surface area contributed by atoms with Crippen LogP contribution in [-0.2, 0) is 6.54 Å². The van der Waals surface area contributed by atoms with Crippen LogP contribution in [0.1, 0.15) is 24.2 Å². The Labute approximate surface area is 200 Å². The molecule has 1 aromatic heterocycles. The zero-order chi connectivity index (χ0) is 24.1. The summed E-state index contributed by atoms with van der Waals surface area (Å²) in [6.07, 6.45) is 1.81. The second-order valence-corrected chi connectivity index (χ2v) is 8.47. The van der Waals surface area contributed by atoms with Crippen molar-refractivity contribution < 1.29 is 14.3 Å². The van der Waals surface area contributed by atoms with Crippen LogP contribution in [0.4, 0.5) is 10.5 Å². The Balaban J connectivity index is 1.45. The van der Waals surface area contributed by atoms with Crippen LogP contribution in [-0.4, -0.2) is 61.3 Å². The molecule has 2 N–H and O–H groups in total. The number of carbonyl (C=O) groups is 1. The lowest BCUT2D eigenvalue weighted by Crippen LogP contribution is -2.50. The number of hydrogen-bond donors (Lipinski definition) is 2. The van der Waals surface area contributed by atoms with Crippen LogP contribution in [0.15, 0.2) is 48.5 Å². The molecule has 1 aliphatic heterocycles. The normalized spacial score (nSPS) is 14.6. The number of aryl methyl sites for hydroxylation is 1. The summed E-state index contributed by atoms with van der Waals surface area (Å²) < 4.78 is 11.0. The number of para-hydroxylation sites is 2. The predicted molar refractivity (Wildman–Crippen MR) is 134 cm³/mol. The fourth-order valence-corrected chi connectivity index (χ4v) is 4.60. The van der Waals surface area contributed by atoms with Gasteiger partial charge >= 0.3 is 6.03 Å². The molecule has 8 nitrogen and oxygen atoms in total. The highest BCUT2D eigenvalue weighted by atomic mass is 16.5. The average Bonchev–Trinajstić information content (AvgIpc) is 3.24. The predicted octanol–water partition coefficient (Wildman–Crippen LogP) is 4.21. The summed E-state index contributed by atoms with van der Waals surface area (Å²) in [7, 11) is 4.95. The first-order valence-corrected chi connectivity index (χ1v) is 11.6. The van der Waals surface area contributed by atoms with Gasteiger partial charge in [0, 0.05) is 44.1 Å². The third-order valence-electron chi connectivity index (χ3n) is 6.41. The lowest BCUT2D eigenvalue weighted by Gasteiger charge is -2.38. The van der Waals surface area contributed by atoms with E-state index in [1.54, 1.807) is 21.3 Å². The molecule has 2 heterocycles. The number of carbonyl (C=O) groups excluding carboxylic acids is 1. The SMILES string of the molecule is CNC(=O)N(c1ccccc1)C1CCN(Cc2nc(-c3cccc(OC)c3OC)[nH]c2C)CC1. The van der Waals surface area contributed by atoms with Crippen LogP contribution in [0.5, 0.6) is 11.5 Å². The van der Waals surface area contributed by atoms with Gasteiger partial charge in [0.25, 0.3) is 0 Å². The molecule has 0 radical (unpaired) electrons. The standard InChI is InChI=1S/C26H33N5O3/c1-18-22(29-25(28-18)21-11-8-12-23(33-3)24(21)34-4)17-30-15-13-20(14-16-30)31(26(32)27-2)19-9-6-5-7-10-19/h5-12,20H,13-17H2,1-4H3,(H,27,32)(H,28,29). The number of aromatic amines is 1. The molecule has 180 valence electrons. The fourth-order valence-electron chi connectivity index (χ4n) is 4.60. The number of anilines is 1. The highest BCUT2D eigenvalue weighted by Crippen LogP contribution is 2.37. The number of urea groups is 1. The number of piperidine rings is 1. The quantitative estimate of drug-likeness (QED) is 0.548. The third-order valence-corrected chi connectivity index (χ3v) is 6.41. The van der Waals surface area contributed by atoms with Crippen LogP contribution < -0.4 is 19.7 Å². The maximum absolute atomic E-state index is 12.6. The molecule has 0 saturated carbocycles. The number of methoxy groups -OCH3 is 2. The average molecular weight is 464 g/mol. The smallest absolute Gasteiger partial charge is 0.321 e. The van der Waals surface area contributed by atoms with Crippen molar-refractivity contribution in [2.24, 2.45) is 0 Å². The number of nitrogens with one attached hydrogen (secondary N) is 2. The Bertz CT molecular complexity index is 1110. The molecule has 0 unspecified atom stereocenters. The van der Waals surface area contributed by atoms with Gasteiger partial charge in [-0.2, -0.15) is 0 Å². The molecule has 0 spiro atoms. The van der Waals surface area contributed by atoms with E-state index in [-0.39, 0.29) is 12.1 Å². The Morgan fingerprint density at radius 3 is 2.50 bits per heavy atom. The van der Waals surface area contributed by atoms with Crippen molar-refractivity contribution in [2.75, 3.05) is 39.3 Å². The number of hydrogen-bond acceptors (Lipinski definition) is 5. The summed E-state index contributed by atoms with van der Waals surface area (Å²) in [5.41, 5.74) is 3.86. The second-order valence-electron chi connectivity index (χ2n) is 8.47. The zero-order valence-electron chi connectivity index (χ0n) is 20.3. The number of nitrogens with zero attached hydrogens (tertiary/aromatic N) is 3. The molecule has 8 heteroatoms. The van der Waals surface area contributed by atoms with Gasteiger partial charge in [-0.1, -0.05) is 24.3 Å². The summed E-state index contributed by atoms with van der Waals surface area (Å²) in [5.74, 6) is 2.12. The summed E-state index contributed by atoms with van der Waals surface area (Å²) >= 11 is 0. The first-order valence-electron chi connectivity index (χ1n) is 11.6. The van der Waals surface area contributed by atoms with Gasteiger partial charge < -0.3 is 19.8 Å². The van der Waals surface area contributed by atoms with Gasteiger partial charge in [0.2, 0.25) is 0 Å². The largest absolute Gasteiger partial charge is 0.493 e. The van der Waals surface area contributed by atoms with Gasteiger partial charge in [-0.25, -0.2) is 9.78 Å². The van der Waals surface area contributed by atoms with E-state index in [4.69, 9.17) is 14.5 Å². The van der Waals surface area contributed by atoms with E-state index >= 15 is 0 Å². The first-order chi connectivity index (χ1) is 16.5. The minimum atomic E-state index is -0.0651. The molecule has 2 aromatic carbocycles. The van der Waals surface area contributed by atoms with Gasteiger partial charge in [-0.15, -0.1) is 0 Å². The van der Waals surface area contributed by atoms with E-state index in [9.17, 15) is 4.79 Å². The number of likely N-dealkylation sites (tertiary alicyclic amines) is 1. The Morgan fingerprint density at radius 1 is 1.12 bits per heavy atom. The summed E-state index contributed by atoms with van der Waals surface area (Å²) in [5, 5.41) is 2.80. The fraction of sp³-hybridized carbons (Fsp3) is 0.385. The molecule has 4 rings (SSSR count). The summed E-state index contributed by atoms with van der Waals surface area (Å²) in [6, 6.07) is 15.8. The number of ether oxygens (including phenoxy) is 2. The van der Waals surface area contributed by atoms with Crippen molar-refractivity contribution in [3.63, 3.8) is 0 Å². The van der Waals surface area contributed by atoms with Crippen LogP contribution in [0, 0.1) is 6.92 Å². The number of rotatable bonds is 7. The third kappa shape index (κ3) is 4.87. The van der Waals surface area contributed by atoms with Crippen molar-refractivity contribution in [1.82, 2.24) is 20.2 Å². The van der Waals surface area contributed by atoms with E-state index < -0.39 is 0 Å². The van der Waals surface area contributed by atoms with Gasteiger partial charge in [0.05, 0.1) is 25.5 Å². The van der Waals surface area contributed by atoms with E-state index in [0.29, 0.717) is 11.5 Å². The molecule has 1 saturated heterocycles. The summed E-state index contributed by atoms with van der Waals surface area (Å²) in [4.78, 5) is 25.2. The lowest BCUT2D eigenvalue weighted by atomic mass is 10.0. The number of imidazole rings is 1. The van der Waals surface area contributed by atoms with Gasteiger partial charge in [0.1, 0.15) is 5.82 Å². The van der Waals surface area contributed by atoms with E-state index in [1.165, 1.54) is 0 Å². The molecule has 0 bridgehead atoms. The van der Waals surface area contributed by atoms with Crippen molar-refractivity contribution in [3.8, 4) is 22.9 Å². The monoisotopic (exact) mass is 463 g/mol. The van der Waals surface area contributed by atoms with Crippen LogP contribution >= 0.6 is 0 Å². The van der Waals surface area contributed by atoms with Gasteiger partial charge in [-0.05, 0) is 44.0 Å². The van der Waals surface area contributed by atoms with Crippen molar-refractivity contribution in [3.05, 3.63) is 59.9 Å². The topological polar surface area (TPSA) is 82.7 Å². The number of aromatic nitrogens is 2. The Hall–Kier alpha value is -3.52. The number of H-pyrrole nitrogens is 1. The zero-order valence-corrected chi connectivity index (χ0v) is 20.3. The Kier molecular flexibility index (Phi) is 7.37. The minimum absolute atomic E-state index is 0.0651. The highest BCUT2D eigenvalue weighted by molar-refractivity contribution is 5.92. The molecule has 3 aromatic rings. The summed E-state index contributed by atoms with van der Waals surface area (Å²) in [6.45, 7) is 4.60. The van der Waals surface area contributed by atoms with Gasteiger partial charge in [-0.3, -0.25) is 9.80 Å². The molecule has 1 aliphatic rings. The second kappa shape index (κ2) is 10.6. The molecule has 2 amide bonds. The first kappa shape index (κ1) is 23.6. The van der Waals surface area contributed by atoms with Crippen molar-refractivity contribution in [2.45, 2.75) is 32.4 Å². The maximum atomic E-state index is 12.6. The molecule has 0 aliphatic carbocycles. The van der Waals surface area contributed by atoms with E-state index in [1.807, 2.05) is 60.4 Å². The molecular weight excluding hydrogens is 430 g/mol. The van der Waals surface area contributed by atoms with Crippen molar-refractivity contribution >= 4 is 11.7 Å². The lowest BCUT2D eigenvalue weighted by molar-refractivity contribution is 0.196. The highest BCUT2D eigenvalue weighted by Gasteiger charge is 2.29. The molecule has 34 heavy (non-hydrogen) atoms. The maximum Gasteiger partial charge on any atom is 0.321 e.